The van der Waals surface area contributed by atoms with E-state index in [2.05, 4.69) is 10.0 Å². The van der Waals surface area contributed by atoms with E-state index in [1.807, 2.05) is 0 Å². The molecule has 0 heterocycles. The summed E-state index contributed by atoms with van der Waals surface area (Å²) in [5, 5.41) is 2.63. The molecule has 0 saturated carbocycles. The molecule has 8 nitrogen and oxygen atoms in total. The summed E-state index contributed by atoms with van der Waals surface area (Å²) in [5.41, 5.74) is 1.17. The standard InChI is InChI=1S/C24H23ClN2O6S/c1-31-18-11-8-16(22(15-18)33-3)9-13-24(28)26-17-10-12-19(25)23(14-17)34(29,30)27-20-6-4-5-7-21(20)32-2/h4-15,27H,1-3H3,(H,26,28)/b13-9+. The van der Waals surface area contributed by atoms with Crippen LogP contribution in [0.1, 0.15) is 5.56 Å². The van der Waals surface area contributed by atoms with Gasteiger partial charge in [-0.25, -0.2) is 8.42 Å². The molecule has 1 amide bonds. The quantitative estimate of drug-likeness (QED) is 0.407. The van der Waals surface area contributed by atoms with E-state index in [1.54, 1.807) is 55.7 Å². The van der Waals surface area contributed by atoms with Crippen LogP contribution >= 0.6 is 11.6 Å². The lowest BCUT2D eigenvalue weighted by Gasteiger charge is -2.13. The molecular weight excluding hydrogens is 480 g/mol. The van der Waals surface area contributed by atoms with E-state index in [0.717, 1.165) is 0 Å². The van der Waals surface area contributed by atoms with Crippen molar-refractivity contribution in [2.75, 3.05) is 31.4 Å². The summed E-state index contributed by atoms with van der Waals surface area (Å²) in [6.45, 7) is 0. The minimum absolute atomic E-state index is 0.00101. The Morgan fingerprint density at radius 3 is 2.35 bits per heavy atom. The van der Waals surface area contributed by atoms with Crippen LogP contribution in [0.5, 0.6) is 17.2 Å². The fraction of sp³-hybridized carbons (Fsp3) is 0.125. The second kappa shape index (κ2) is 11.0. The van der Waals surface area contributed by atoms with Gasteiger partial charge in [0.25, 0.3) is 10.0 Å². The number of sulfonamides is 1. The Morgan fingerprint density at radius 1 is 0.912 bits per heavy atom. The van der Waals surface area contributed by atoms with E-state index in [-0.39, 0.29) is 21.3 Å². The molecule has 0 aliphatic carbocycles. The van der Waals surface area contributed by atoms with Crippen molar-refractivity contribution < 1.29 is 27.4 Å². The fourth-order valence-electron chi connectivity index (χ4n) is 3.02. The Kier molecular flexibility index (Phi) is 8.04. The normalized spacial score (nSPS) is 11.2. The highest BCUT2D eigenvalue weighted by Gasteiger charge is 2.20. The summed E-state index contributed by atoms with van der Waals surface area (Å²) in [6, 6.07) is 15.9. The summed E-state index contributed by atoms with van der Waals surface area (Å²) < 4.78 is 44.0. The molecule has 0 bridgehead atoms. The van der Waals surface area contributed by atoms with Gasteiger partial charge >= 0.3 is 0 Å². The Balaban J connectivity index is 1.79. The number of hydrogen-bond donors (Lipinski definition) is 2. The average Bonchev–Trinajstić information content (AvgIpc) is 2.83. The van der Waals surface area contributed by atoms with Gasteiger partial charge in [0.15, 0.2) is 0 Å². The summed E-state index contributed by atoms with van der Waals surface area (Å²) in [7, 11) is 0.431. The molecule has 0 unspecified atom stereocenters. The van der Waals surface area contributed by atoms with Crippen LogP contribution in [0.25, 0.3) is 6.08 Å². The van der Waals surface area contributed by atoms with E-state index in [4.69, 9.17) is 25.8 Å². The van der Waals surface area contributed by atoms with E-state index in [0.29, 0.717) is 22.8 Å². The molecule has 3 aromatic rings. The van der Waals surface area contributed by atoms with Crippen LogP contribution < -0.4 is 24.2 Å². The number of methoxy groups -OCH3 is 3. The zero-order valence-electron chi connectivity index (χ0n) is 18.7. The molecule has 0 radical (unpaired) electrons. The summed E-state index contributed by atoms with van der Waals surface area (Å²) in [6.07, 6.45) is 2.88. The third-order valence-corrected chi connectivity index (χ3v) is 6.54. The summed E-state index contributed by atoms with van der Waals surface area (Å²) in [5.74, 6) is 1.03. The molecule has 0 spiro atoms. The highest BCUT2D eigenvalue weighted by Crippen LogP contribution is 2.30. The van der Waals surface area contributed by atoms with Crippen molar-refractivity contribution in [3.8, 4) is 17.2 Å². The summed E-state index contributed by atoms with van der Waals surface area (Å²) >= 11 is 6.16. The number of halogens is 1. The van der Waals surface area contributed by atoms with E-state index < -0.39 is 15.9 Å². The molecule has 3 aromatic carbocycles. The average molecular weight is 503 g/mol. The molecule has 10 heteroatoms. The number of amides is 1. The molecule has 0 atom stereocenters. The molecule has 2 N–H and O–H groups in total. The lowest BCUT2D eigenvalue weighted by Crippen LogP contribution is -2.15. The number of nitrogens with one attached hydrogen (secondary N) is 2. The van der Waals surface area contributed by atoms with Crippen molar-refractivity contribution in [3.05, 3.63) is 77.3 Å². The van der Waals surface area contributed by atoms with Crippen LogP contribution in [-0.2, 0) is 14.8 Å². The van der Waals surface area contributed by atoms with Gasteiger partial charge < -0.3 is 19.5 Å². The molecule has 0 aliphatic rings. The van der Waals surface area contributed by atoms with Gasteiger partial charge in [-0.2, -0.15) is 0 Å². The maximum Gasteiger partial charge on any atom is 0.263 e. The molecule has 0 aromatic heterocycles. The third kappa shape index (κ3) is 6.00. The van der Waals surface area contributed by atoms with Gasteiger partial charge in [0.05, 0.1) is 32.0 Å². The topological polar surface area (TPSA) is 103 Å². The van der Waals surface area contributed by atoms with Crippen LogP contribution in [-0.4, -0.2) is 35.7 Å². The molecule has 3 rings (SSSR count). The van der Waals surface area contributed by atoms with Crippen LogP contribution in [0.4, 0.5) is 11.4 Å². The van der Waals surface area contributed by atoms with Crippen molar-refractivity contribution in [2.45, 2.75) is 4.90 Å². The van der Waals surface area contributed by atoms with E-state index >= 15 is 0 Å². The number of anilines is 2. The van der Waals surface area contributed by atoms with Crippen LogP contribution in [0.15, 0.2) is 71.6 Å². The molecule has 0 aliphatic heterocycles. The minimum atomic E-state index is -4.07. The highest BCUT2D eigenvalue weighted by atomic mass is 35.5. The van der Waals surface area contributed by atoms with E-state index in [1.165, 1.54) is 38.5 Å². The second-order valence-corrected chi connectivity index (χ2v) is 8.94. The molecule has 0 fully saturated rings. The number of carbonyl (C=O) groups excluding carboxylic acids is 1. The van der Waals surface area contributed by atoms with E-state index in [9.17, 15) is 13.2 Å². The number of carbonyl (C=O) groups is 1. The zero-order valence-corrected chi connectivity index (χ0v) is 20.2. The molecule has 0 saturated heterocycles. The molecule has 34 heavy (non-hydrogen) atoms. The second-order valence-electron chi connectivity index (χ2n) is 6.88. The number of benzene rings is 3. The lowest BCUT2D eigenvalue weighted by molar-refractivity contribution is -0.111. The van der Waals surface area contributed by atoms with Gasteiger partial charge in [0.2, 0.25) is 5.91 Å². The molecule has 178 valence electrons. The SMILES string of the molecule is COc1ccc(/C=C/C(=O)Nc2ccc(Cl)c(S(=O)(=O)Nc3ccccc3OC)c2)c(OC)c1. The first-order valence-corrected chi connectivity index (χ1v) is 11.8. The van der Waals surface area contributed by atoms with Crippen molar-refractivity contribution in [3.63, 3.8) is 0 Å². The fourth-order valence-corrected chi connectivity index (χ4v) is 4.62. The predicted molar refractivity (Wildman–Crippen MR) is 132 cm³/mol. The predicted octanol–water partition coefficient (Wildman–Crippen LogP) is 4.82. The van der Waals surface area contributed by atoms with Gasteiger partial charge in [-0.1, -0.05) is 23.7 Å². The van der Waals surface area contributed by atoms with Crippen LogP contribution in [0.3, 0.4) is 0 Å². The zero-order chi connectivity index (χ0) is 24.7. The first kappa shape index (κ1) is 24.9. The number of para-hydroxylation sites is 2. The largest absolute Gasteiger partial charge is 0.497 e. The molecular formula is C24H23ClN2O6S. The smallest absolute Gasteiger partial charge is 0.263 e. The Hall–Kier alpha value is -3.69. The lowest BCUT2D eigenvalue weighted by atomic mass is 10.1. The van der Waals surface area contributed by atoms with Crippen LogP contribution in [0.2, 0.25) is 5.02 Å². The van der Waals surface area contributed by atoms with Crippen molar-refractivity contribution in [1.82, 2.24) is 0 Å². The number of rotatable bonds is 9. The van der Waals surface area contributed by atoms with Crippen molar-refractivity contribution in [2.24, 2.45) is 0 Å². The number of ether oxygens (including phenoxy) is 3. The first-order valence-electron chi connectivity index (χ1n) is 9.94. The highest BCUT2D eigenvalue weighted by molar-refractivity contribution is 7.92. The summed E-state index contributed by atoms with van der Waals surface area (Å²) in [4.78, 5) is 12.3. The van der Waals surface area contributed by atoms with Crippen molar-refractivity contribution in [1.29, 1.82) is 0 Å². The van der Waals surface area contributed by atoms with Gasteiger partial charge in [-0.05, 0) is 48.5 Å². The van der Waals surface area contributed by atoms with Crippen LogP contribution in [0, 0.1) is 0 Å². The Bertz CT molecular complexity index is 1320. The first-order chi connectivity index (χ1) is 16.3. The minimum Gasteiger partial charge on any atom is -0.497 e. The maximum atomic E-state index is 13.0. The van der Waals surface area contributed by atoms with Gasteiger partial charge in [-0.3, -0.25) is 9.52 Å². The number of hydrogen-bond acceptors (Lipinski definition) is 6. The van der Waals surface area contributed by atoms with Crippen molar-refractivity contribution >= 4 is 45.0 Å². The monoisotopic (exact) mass is 502 g/mol. The van der Waals surface area contributed by atoms with Gasteiger partial charge in [0.1, 0.15) is 22.1 Å². The maximum absolute atomic E-state index is 13.0. The van der Waals surface area contributed by atoms with Gasteiger partial charge in [-0.15, -0.1) is 0 Å². The Morgan fingerprint density at radius 2 is 1.65 bits per heavy atom. The third-order valence-electron chi connectivity index (χ3n) is 4.69. The van der Waals surface area contributed by atoms with Gasteiger partial charge in [0, 0.05) is 23.4 Å². The Labute approximate surface area is 203 Å².